The van der Waals surface area contributed by atoms with Gasteiger partial charge in [-0.1, -0.05) is 159 Å². The van der Waals surface area contributed by atoms with Gasteiger partial charge in [-0.25, -0.2) is 9.97 Å². The molecule has 0 fully saturated rings. The average Bonchev–Trinajstić information content (AvgIpc) is 3.74. The first-order valence-electron chi connectivity index (χ1n) is 19.2. The van der Waals surface area contributed by atoms with E-state index in [-0.39, 0.29) is 5.41 Å². The van der Waals surface area contributed by atoms with E-state index in [0.717, 1.165) is 61.1 Å². The SMILES string of the molecule is CC1(C)c2cc3ccccc3cc2-c2c(-c3cc(-c4ccc(-c5ccc(-c6ccc7oc8ccccc8c7c6)cc5)cc4)nc(-c4ccccc4)n3)cccc21. The molecule has 1 aliphatic rings. The number of para-hydroxylation sites is 1. The summed E-state index contributed by atoms with van der Waals surface area (Å²) < 4.78 is 6.06. The van der Waals surface area contributed by atoms with Crippen molar-refractivity contribution in [2.75, 3.05) is 0 Å². The lowest BCUT2D eigenvalue weighted by Crippen LogP contribution is -2.14. The van der Waals surface area contributed by atoms with Gasteiger partial charge < -0.3 is 4.42 Å². The summed E-state index contributed by atoms with van der Waals surface area (Å²) in [5.41, 5.74) is 16.6. The molecule has 56 heavy (non-hydrogen) atoms. The molecular weight excluding hydrogens is 681 g/mol. The smallest absolute Gasteiger partial charge is 0.160 e. The minimum atomic E-state index is -0.140. The molecule has 0 radical (unpaired) electrons. The fourth-order valence-corrected chi connectivity index (χ4v) is 8.73. The van der Waals surface area contributed by atoms with Crippen LogP contribution in [0.4, 0.5) is 0 Å². The zero-order valence-corrected chi connectivity index (χ0v) is 31.1. The molecule has 0 aliphatic heterocycles. The first kappa shape index (κ1) is 32.3. The Hall–Kier alpha value is -7.10. The van der Waals surface area contributed by atoms with Gasteiger partial charge in [0.1, 0.15) is 11.2 Å². The van der Waals surface area contributed by atoms with Crippen LogP contribution in [0.25, 0.3) is 100.0 Å². The average molecular weight is 717 g/mol. The lowest BCUT2D eigenvalue weighted by Gasteiger charge is -2.22. The molecule has 264 valence electrons. The minimum Gasteiger partial charge on any atom is -0.456 e. The van der Waals surface area contributed by atoms with E-state index in [1.807, 2.05) is 30.3 Å². The monoisotopic (exact) mass is 716 g/mol. The minimum absolute atomic E-state index is 0.140. The summed E-state index contributed by atoms with van der Waals surface area (Å²) in [4.78, 5) is 10.4. The summed E-state index contributed by atoms with van der Waals surface area (Å²) in [5.74, 6) is 0.716. The molecule has 0 amide bonds. The van der Waals surface area contributed by atoms with Gasteiger partial charge in [0.05, 0.1) is 11.4 Å². The van der Waals surface area contributed by atoms with Gasteiger partial charge in [0.15, 0.2) is 5.82 Å². The maximum atomic E-state index is 6.06. The van der Waals surface area contributed by atoms with Gasteiger partial charge in [-0.15, -0.1) is 0 Å². The number of fused-ring (bicyclic) bond motifs is 7. The Balaban J connectivity index is 0.972. The van der Waals surface area contributed by atoms with E-state index >= 15 is 0 Å². The van der Waals surface area contributed by atoms with Gasteiger partial charge >= 0.3 is 0 Å². The molecule has 8 aromatic carbocycles. The Morgan fingerprint density at radius 3 is 1.77 bits per heavy atom. The number of benzene rings is 8. The van der Waals surface area contributed by atoms with Crippen molar-refractivity contribution in [1.29, 1.82) is 0 Å². The van der Waals surface area contributed by atoms with Crippen molar-refractivity contribution in [2.45, 2.75) is 19.3 Å². The molecule has 0 bridgehead atoms. The number of furan rings is 1. The van der Waals surface area contributed by atoms with Crippen LogP contribution in [0.1, 0.15) is 25.0 Å². The molecule has 3 nitrogen and oxygen atoms in total. The maximum Gasteiger partial charge on any atom is 0.160 e. The van der Waals surface area contributed by atoms with Crippen LogP contribution in [0.15, 0.2) is 186 Å². The molecule has 1 aliphatic carbocycles. The third-order valence-electron chi connectivity index (χ3n) is 11.7. The van der Waals surface area contributed by atoms with Crippen molar-refractivity contribution in [3.05, 3.63) is 193 Å². The first-order valence-corrected chi connectivity index (χ1v) is 19.2. The molecule has 3 heteroatoms. The molecule has 10 aromatic rings. The van der Waals surface area contributed by atoms with Gasteiger partial charge in [-0.2, -0.15) is 0 Å². The molecule has 0 saturated carbocycles. The van der Waals surface area contributed by atoms with E-state index in [0.29, 0.717) is 5.82 Å². The normalized spacial score (nSPS) is 13.0. The van der Waals surface area contributed by atoms with E-state index in [2.05, 4.69) is 166 Å². The number of hydrogen-bond acceptors (Lipinski definition) is 3. The predicted octanol–water partition coefficient (Wildman–Crippen LogP) is 14.2. The van der Waals surface area contributed by atoms with Crippen LogP contribution < -0.4 is 0 Å². The summed E-state index contributed by atoms with van der Waals surface area (Å²) in [6.45, 7) is 4.68. The van der Waals surface area contributed by atoms with E-state index < -0.39 is 0 Å². The van der Waals surface area contributed by atoms with Crippen LogP contribution in [0, 0.1) is 0 Å². The summed E-state index contributed by atoms with van der Waals surface area (Å²) in [5, 5.41) is 4.80. The van der Waals surface area contributed by atoms with E-state index in [1.165, 1.54) is 44.2 Å². The largest absolute Gasteiger partial charge is 0.456 e. The number of hydrogen-bond donors (Lipinski definition) is 0. The van der Waals surface area contributed by atoms with E-state index in [9.17, 15) is 0 Å². The highest BCUT2D eigenvalue weighted by atomic mass is 16.3. The van der Waals surface area contributed by atoms with Crippen LogP contribution in [-0.4, -0.2) is 9.97 Å². The van der Waals surface area contributed by atoms with Gasteiger partial charge in [-0.3, -0.25) is 0 Å². The van der Waals surface area contributed by atoms with Crippen molar-refractivity contribution in [1.82, 2.24) is 9.97 Å². The zero-order chi connectivity index (χ0) is 37.4. The van der Waals surface area contributed by atoms with Crippen molar-refractivity contribution < 1.29 is 4.42 Å². The predicted molar refractivity (Wildman–Crippen MR) is 232 cm³/mol. The van der Waals surface area contributed by atoms with Crippen LogP contribution in [0.3, 0.4) is 0 Å². The molecule has 0 saturated heterocycles. The highest BCUT2D eigenvalue weighted by Gasteiger charge is 2.37. The van der Waals surface area contributed by atoms with Crippen molar-refractivity contribution >= 4 is 32.7 Å². The van der Waals surface area contributed by atoms with Crippen LogP contribution >= 0.6 is 0 Å². The van der Waals surface area contributed by atoms with Crippen LogP contribution in [-0.2, 0) is 5.41 Å². The fourth-order valence-electron chi connectivity index (χ4n) is 8.73. The summed E-state index contributed by atoms with van der Waals surface area (Å²) in [6, 6.07) is 64.8. The Labute approximate surface area is 325 Å². The quantitative estimate of drug-likeness (QED) is 0.178. The first-order chi connectivity index (χ1) is 27.5. The fraction of sp³-hybridized carbons (Fsp3) is 0.0566. The second kappa shape index (κ2) is 12.5. The summed E-state index contributed by atoms with van der Waals surface area (Å²) >= 11 is 0. The lowest BCUT2D eigenvalue weighted by atomic mass is 9.81. The van der Waals surface area contributed by atoms with Gasteiger partial charge in [0.2, 0.25) is 0 Å². The Morgan fingerprint density at radius 1 is 0.393 bits per heavy atom. The standard InChI is InChI=1S/C53H36N2O/c1-53(2)45-17-10-16-42(51(45)44-30-38-13-6-7-14-39(38)31-46(44)53)48-32-47(54-52(55-48)37-11-4-3-5-12-37)36-25-23-34(24-26-36)33-19-21-35(22-20-33)40-27-28-50-43(29-40)41-15-8-9-18-49(41)56-50/h3-32H,1-2H3. The Kier molecular flexibility index (Phi) is 7.20. The molecule has 2 heterocycles. The molecule has 0 N–H and O–H groups in total. The molecule has 0 unspecified atom stereocenters. The zero-order valence-electron chi connectivity index (χ0n) is 31.1. The highest BCUT2D eigenvalue weighted by molar-refractivity contribution is 6.06. The second-order valence-electron chi connectivity index (χ2n) is 15.4. The van der Waals surface area contributed by atoms with Gasteiger partial charge in [0, 0.05) is 32.9 Å². The van der Waals surface area contributed by atoms with Crippen LogP contribution in [0.2, 0.25) is 0 Å². The van der Waals surface area contributed by atoms with Crippen molar-refractivity contribution in [2.24, 2.45) is 0 Å². The van der Waals surface area contributed by atoms with E-state index in [1.54, 1.807) is 0 Å². The number of aromatic nitrogens is 2. The maximum absolute atomic E-state index is 6.06. The van der Waals surface area contributed by atoms with Crippen molar-refractivity contribution in [3.8, 4) is 67.3 Å². The number of rotatable bonds is 5. The van der Waals surface area contributed by atoms with Gasteiger partial charge in [-0.05, 0) is 91.7 Å². The molecule has 0 atom stereocenters. The lowest BCUT2D eigenvalue weighted by molar-refractivity contribution is 0.661. The van der Waals surface area contributed by atoms with Crippen LogP contribution in [0.5, 0.6) is 0 Å². The summed E-state index contributed by atoms with van der Waals surface area (Å²) in [6.07, 6.45) is 0. The molecule has 2 aromatic heterocycles. The highest BCUT2D eigenvalue weighted by Crippen LogP contribution is 2.53. The molecule has 0 spiro atoms. The van der Waals surface area contributed by atoms with E-state index in [4.69, 9.17) is 14.4 Å². The molecular formula is C53H36N2O. The Morgan fingerprint density at radius 2 is 1.00 bits per heavy atom. The topological polar surface area (TPSA) is 38.9 Å². The summed E-state index contributed by atoms with van der Waals surface area (Å²) in [7, 11) is 0. The van der Waals surface area contributed by atoms with Gasteiger partial charge in [0.25, 0.3) is 0 Å². The molecule has 11 rings (SSSR count). The van der Waals surface area contributed by atoms with Crippen molar-refractivity contribution in [3.63, 3.8) is 0 Å². The third-order valence-corrected chi connectivity index (χ3v) is 11.7. The third kappa shape index (κ3) is 5.20. The second-order valence-corrected chi connectivity index (χ2v) is 15.4. The number of nitrogens with zero attached hydrogens (tertiary/aromatic N) is 2. The Bertz CT molecular complexity index is 3140.